The minimum Gasteiger partial charge on any atom is -0.451 e. The summed E-state index contributed by atoms with van der Waals surface area (Å²) in [5.41, 5.74) is 1.71. The van der Waals surface area contributed by atoms with E-state index >= 15 is 0 Å². The van der Waals surface area contributed by atoms with E-state index in [4.69, 9.17) is 4.74 Å². The number of hydrogen-bond donors (Lipinski definition) is 0. The Morgan fingerprint density at radius 3 is 1.83 bits per heavy atom. The summed E-state index contributed by atoms with van der Waals surface area (Å²) in [4.78, 5) is 51.0. The second kappa shape index (κ2) is 7.75. The van der Waals surface area contributed by atoms with Crippen LogP contribution in [0, 0.1) is 0 Å². The Balaban J connectivity index is 1.48. The highest BCUT2D eigenvalue weighted by Crippen LogP contribution is 2.28. The number of hydrogen-bond acceptors (Lipinski definition) is 5. The van der Waals surface area contributed by atoms with E-state index in [1.54, 1.807) is 54.6 Å². The van der Waals surface area contributed by atoms with E-state index in [2.05, 4.69) is 0 Å². The van der Waals surface area contributed by atoms with E-state index in [1.807, 2.05) is 0 Å². The third kappa shape index (κ3) is 3.39. The smallest absolute Gasteiger partial charge is 0.338 e. The first kappa shape index (κ1) is 19.3. The van der Waals surface area contributed by atoms with Gasteiger partial charge in [0.05, 0.1) is 22.4 Å². The number of carbonyl (C=O) groups is 4. The molecule has 0 fully saturated rings. The van der Waals surface area contributed by atoms with Gasteiger partial charge in [-0.3, -0.25) is 14.4 Å². The van der Waals surface area contributed by atoms with E-state index in [9.17, 15) is 19.2 Å². The van der Waals surface area contributed by atoms with Crippen LogP contribution >= 0.6 is 0 Å². The lowest BCUT2D eigenvalue weighted by atomic mass is 10.1. The van der Waals surface area contributed by atoms with Gasteiger partial charge in [-0.15, -0.1) is 0 Å². The number of ketones is 1. The van der Waals surface area contributed by atoms with Gasteiger partial charge in [0, 0.05) is 5.56 Å². The van der Waals surface area contributed by atoms with Crippen LogP contribution in [0.3, 0.4) is 0 Å². The van der Waals surface area contributed by atoms with Crippen molar-refractivity contribution in [2.24, 2.45) is 0 Å². The van der Waals surface area contributed by atoms with Crippen LogP contribution in [0.5, 0.6) is 0 Å². The van der Waals surface area contributed by atoms with Crippen LogP contribution in [0.25, 0.3) is 0 Å². The van der Waals surface area contributed by atoms with Crippen molar-refractivity contribution in [2.75, 3.05) is 4.90 Å². The third-order valence-electron chi connectivity index (χ3n) is 4.87. The van der Waals surface area contributed by atoms with Gasteiger partial charge in [-0.1, -0.05) is 42.5 Å². The summed E-state index contributed by atoms with van der Waals surface area (Å²) in [5.74, 6) is -1.78. The van der Waals surface area contributed by atoms with Crippen molar-refractivity contribution >= 4 is 29.3 Å². The Labute approximate surface area is 172 Å². The van der Waals surface area contributed by atoms with Crippen LogP contribution < -0.4 is 4.90 Å². The van der Waals surface area contributed by atoms with Gasteiger partial charge in [0.25, 0.3) is 11.8 Å². The summed E-state index contributed by atoms with van der Waals surface area (Å²) in [6, 6.07) is 21.1. The highest BCUT2D eigenvalue weighted by atomic mass is 16.5. The molecule has 0 spiro atoms. The standard InChI is InChI=1S/C24H17NO5/c1-15(21(26)16-7-3-2-4-8-16)30-24(29)17-11-13-18(14-12-17)25-22(27)19-9-5-6-10-20(19)23(25)28/h2-15H,1H3. The Morgan fingerprint density at radius 1 is 0.733 bits per heavy atom. The Morgan fingerprint density at radius 2 is 1.27 bits per heavy atom. The molecule has 148 valence electrons. The largest absolute Gasteiger partial charge is 0.451 e. The maximum atomic E-state index is 12.6. The fourth-order valence-corrected chi connectivity index (χ4v) is 3.29. The maximum Gasteiger partial charge on any atom is 0.338 e. The van der Waals surface area contributed by atoms with Gasteiger partial charge in [0.2, 0.25) is 5.78 Å². The molecule has 1 atom stereocenters. The molecule has 6 nitrogen and oxygen atoms in total. The first-order chi connectivity index (χ1) is 14.5. The second-order valence-corrected chi connectivity index (χ2v) is 6.82. The number of imide groups is 1. The monoisotopic (exact) mass is 399 g/mol. The lowest BCUT2D eigenvalue weighted by Crippen LogP contribution is -2.29. The molecule has 1 heterocycles. The average molecular weight is 399 g/mol. The number of rotatable bonds is 5. The van der Waals surface area contributed by atoms with E-state index < -0.39 is 23.9 Å². The van der Waals surface area contributed by atoms with Gasteiger partial charge < -0.3 is 4.74 Å². The number of esters is 1. The molecule has 0 saturated carbocycles. The summed E-state index contributed by atoms with van der Waals surface area (Å²) < 4.78 is 5.27. The molecule has 0 aliphatic carbocycles. The quantitative estimate of drug-likeness (QED) is 0.369. The zero-order chi connectivity index (χ0) is 21.3. The average Bonchev–Trinajstić information content (AvgIpc) is 3.04. The Bertz CT molecular complexity index is 1120. The van der Waals surface area contributed by atoms with Gasteiger partial charge in [0.15, 0.2) is 6.10 Å². The summed E-state index contributed by atoms with van der Waals surface area (Å²) in [5, 5.41) is 0. The molecule has 0 saturated heterocycles. The fraction of sp³-hybridized carbons (Fsp3) is 0.0833. The minimum atomic E-state index is -0.948. The van der Waals surface area contributed by atoms with E-state index in [0.717, 1.165) is 4.90 Å². The van der Waals surface area contributed by atoms with Crippen LogP contribution in [-0.2, 0) is 4.74 Å². The first-order valence-electron chi connectivity index (χ1n) is 9.35. The molecule has 6 heteroatoms. The molecule has 1 aliphatic heterocycles. The van der Waals surface area contributed by atoms with Gasteiger partial charge in [-0.25, -0.2) is 9.69 Å². The molecule has 2 amide bonds. The lowest BCUT2D eigenvalue weighted by Gasteiger charge is -2.15. The SMILES string of the molecule is CC(OC(=O)c1ccc(N2C(=O)c3ccccc3C2=O)cc1)C(=O)c1ccccc1. The van der Waals surface area contributed by atoms with Crippen molar-refractivity contribution in [3.05, 3.63) is 101 Å². The number of Topliss-reactive ketones (excluding diaryl/α,β-unsaturated/α-hetero) is 1. The number of anilines is 1. The highest BCUT2D eigenvalue weighted by molar-refractivity contribution is 6.34. The number of amides is 2. The molecule has 1 aliphatic rings. The maximum absolute atomic E-state index is 12.6. The van der Waals surface area contributed by atoms with Gasteiger partial charge in [0.1, 0.15) is 0 Å². The van der Waals surface area contributed by atoms with Crippen LogP contribution in [-0.4, -0.2) is 29.7 Å². The molecule has 0 aromatic heterocycles. The summed E-state index contributed by atoms with van der Waals surface area (Å²) in [6.07, 6.45) is -0.948. The second-order valence-electron chi connectivity index (χ2n) is 6.82. The van der Waals surface area contributed by atoms with Crippen molar-refractivity contribution < 1.29 is 23.9 Å². The van der Waals surface area contributed by atoms with Crippen molar-refractivity contribution in [1.82, 2.24) is 0 Å². The zero-order valence-electron chi connectivity index (χ0n) is 16.1. The predicted molar refractivity (Wildman–Crippen MR) is 110 cm³/mol. The van der Waals surface area contributed by atoms with E-state index in [0.29, 0.717) is 22.4 Å². The molecule has 30 heavy (non-hydrogen) atoms. The van der Waals surface area contributed by atoms with Crippen LogP contribution in [0.1, 0.15) is 48.4 Å². The fourth-order valence-electron chi connectivity index (χ4n) is 3.29. The Hall–Kier alpha value is -4.06. The van der Waals surface area contributed by atoms with Crippen molar-refractivity contribution in [1.29, 1.82) is 0 Å². The van der Waals surface area contributed by atoms with Crippen molar-refractivity contribution in [3.63, 3.8) is 0 Å². The number of carbonyl (C=O) groups excluding carboxylic acids is 4. The number of ether oxygens (including phenoxy) is 1. The summed E-state index contributed by atoms with van der Waals surface area (Å²) in [6.45, 7) is 1.51. The Kier molecular flexibility index (Phi) is 4.98. The molecule has 3 aromatic rings. The number of fused-ring (bicyclic) bond motifs is 1. The van der Waals surface area contributed by atoms with Crippen molar-refractivity contribution in [2.45, 2.75) is 13.0 Å². The molecule has 0 bridgehead atoms. The normalized spacial score (nSPS) is 13.7. The number of nitrogens with zero attached hydrogens (tertiary/aromatic N) is 1. The van der Waals surface area contributed by atoms with E-state index in [1.165, 1.54) is 31.2 Å². The molecular formula is C24H17NO5. The molecule has 1 unspecified atom stereocenters. The van der Waals surface area contributed by atoms with Gasteiger partial charge in [-0.2, -0.15) is 0 Å². The minimum absolute atomic E-state index is 0.211. The first-order valence-corrected chi connectivity index (χ1v) is 9.35. The van der Waals surface area contributed by atoms with Crippen molar-refractivity contribution in [3.8, 4) is 0 Å². The molecule has 4 rings (SSSR count). The lowest BCUT2D eigenvalue weighted by molar-refractivity contribution is 0.0319. The summed E-state index contributed by atoms with van der Waals surface area (Å²) in [7, 11) is 0. The van der Waals surface area contributed by atoms with Gasteiger partial charge >= 0.3 is 5.97 Å². The van der Waals surface area contributed by atoms with Crippen LogP contribution in [0.2, 0.25) is 0 Å². The third-order valence-corrected chi connectivity index (χ3v) is 4.87. The highest BCUT2D eigenvalue weighted by Gasteiger charge is 2.36. The van der Waals surface area contributed by atoms with Crippen LogP contribution in [0.15, 0.2) is 78.9 Å². The van der Waals surface area contributed by atoms with E-state index in [-0.39, 0.29) is 11.3 Å². The van der Waals surface area contributed by atoms with Gasteiger partial charge in [-0.05, 0) is 43.3 Å². The molecule has 0 radical (unpaired) electrons. The predicted octanol–water partition coefficient (Wildman–Crippen LogP) is 3.92. The molecule has 0 N–H and O–H groups in total. The molecule has 3 aromatic carbocycles. The zero-order valence-corrected chi connectivity index (χ0v) is 16.1. The molecular weight excluding hydrogens is 382 g/mol. The summed E-state index contributed by atoms with van der Waals surface area (Å²) >= 11 is 0. The topological polar surface area (TPSA) is 80.8 Å². The number of benzene rings is 3. The van der Waals surface area contributed by atoms with Crippen LogP contribution in [0.4, 0.5) is 5.69 Å².